The van der Waals surface area contributed by atoms with Gasteiger partial charge in [-0.3, -0.25) is 9.67 Å². The van der Waals surface area contributed by atoms with Crippen molar-refractivity contribution in [3.63, 3.8) is 0 Å². The van der Waals surface area contributed by atoms with Gasteiger partial charge in [0.2, 0.25) is 0 Å². The second kappa shape index (κ2) is 4.61. The monoisotopic (exact) mass is 315 g/mol. The molecule has 78 valence electrons. The van der Waals surface area contributed by atoms with Crippen LogP contribution in [0.4, 0.5) is 0 Å². The number of aromatic nitrogens is 3. The van der Waals surface area contributed by atoms with Crippen LogP contribution in [0, 0.1) is 3.57 Å². The lowest BCUT2D eigenvalue weighted by Crippen LogP contribution is -2.02. The lowest BCUT2D eigenvalue weighted by atomic mass is 10.2. The largest absolute Gasteiger partial charge is 0.496 e. The Balaban J connectivity index is 2.23. The molecule has 0 aromatic carbocycles. The summed E-state index contributed by atoms with van der Waals surface area (Å²) in [5.41, 5.74) is 1.03. The van der Waals surface area contributed by atoms with E-state index < -0.39 is 0 Å². The Bertz CT molecular complexity index is 455. The predicted octanol–water partition coefficient (Wildman–Crippen LogP) is 1.94. The summed E-state index contributed by atoms with van der Waals surface area (Å²) in [6.07, 6.45) is 7.32. The molecule has 0 unspecified atom stereocenters. The first-order valence-electron chi connectivity index (χ1n) is 4.44. The zero-order valence-electron chi connectivity index (χ0n) is 8.22. The van der Waals surface area contributed by atoms with Crippen molar-refractivity contribution < 1.29 is 4.74 Å². The predicted molar refractivity (Wildman–Crippen MR) is 64.8 cm³/mol. The minimum absolute atomic E-state index is 0.681. The van der Waals surface area contributed by atoms with Gasteiger partial charge >= 0.3 is 0 Å². The molecule has 0 saturated heterocycles. The second-order valence-corrected chi connectivity index (χ2v) is 4.29. The zero-order valence-corrected chi connectivity index (χ0v) is 10.4. The fraction of sp³-hybridized carbons (Fsp3) is 0.200. The van der Waals surface area contributed by atoms with Crippen LogP contribution in [0.5, 0.6) is 5.75 Å². The molecule has 0 atom stereocenters. The molecule has 0 fully saturated rings. The van der Waals surface area contributed by atoms with Crippen LogP contribution in [0.3, 0.4) is 0 Å². The Morgan fingerprint density at radius 2 is 2.33 bits per heavy atom. The Kier molecular flexibility index (Phi) is 3.20. The standard InChI is InChI=1S/C10H10IN3O/c1-15-10-2-3-12-4-8(10)6-14-7-9(11)5-13-14/h2-5,7H,6H2,1H3. The van der Waals surface area contributed by atoms with E-state index in [-0.39, 0.29) is 0 Å². The molecule has 0 amide bonds. The van der Waals surface area contributed by atoms with Gasteiger partial charge in [0, 0.05) is 24.2 Å². The summed E-state index contributed by atoms with van der Waals surface area (Å²) in [6, 6.07) is 1.85. The van der Waals surface area contributed by atoms with Crippen LogP contribution in [0.2, 0.25) is 0 Å². The number of methoxy groups -OCH3 is 1. The van der Waals surface area contributed by atoms with Crippen LogP contribution < -0.4 is 4.74 Å². The van der Waals surface area contributed by atoms with Crippen molar-refractivity contribution in [1.82, 2.24) is 14.8 Å². The molecule has 4 nitrogen and oxygen atoms in total. The van der Waals surface area contributed by atoms with Crippen molar-refractivity contribution in [2.75, 3.05) is 7.11 Å². The first-order chi connectivity index (χ1) is 7.29. The zero-order chi connectivity index (χ0) is 10.7. The van der Waals surface area contributed by atoms with Gasteiger partial charge in [-0.2, -0.15) is 5.10 Å². The van der Waals surface area contributed by atoms with E-state index in [2.05, 4.69) is 32.7 Å². The molecule has 0 saturated carbocycles. The van der Waals surface area contributed by atoms with Gasteiger partial charge in [-0.15, -0.1) is 0 Å². The van der Waals surface area contributed by atoms with E-state index in [0.29, 0.717) is 6.54 Å². The summed E-state index contributed by atoms with van der Waals surface area (Å²) in [5, 5.41) is 4.21. The highest BCUT2D eigenvalue weighted by Crippen LogP contribution is 2.17. The summed E-state index contributed by atoms with van der Waals surface area (Å²) in [4.78, 5) is 4.07. The van der Waals surface area contributed by atoms with Crippen LogP contribution in [-0.4, -0.2) is 21.9 Å². The van der Waals surface area contributed by atoms with E-state index in [1.807, 2.05) is 23.1 Å². The lowest BCUT2D eigenvalue weighted by molar-refractivity contribution is 0.406. The average molecular weight is 315 g/mol. The summed E-state index contributed by atoms with van der Waals surface area (Å²) >= 11 is 2.23. The van der Waals surface area contributed by atoms with Gasteiger partial charge in [-0.25, -0.2) is 0 Å². The third-order valence-corrected chi connectivity index (χ3v) is 2.57. The highest BCUT2D eigenvalue weighted by Gasteiger charge is 2.03. The van der Waals surface area contributed by atoms with Crippen molar-refractivity contribution >= 4 is 22.6 Å². The molecule has 0 N–H and O–H groups in total. The maximum Gasteiger partial charge on any atom is 0.127 e. The number of pyridine rings is 1. The van der Waals surface area contributed by atoms with Crippen molar-refractivity contribution in [2.24, 2.45) is 0 Å². The average Bonchev–Trinajstić information content (AvgIpc) is 2.65. The first-order valence-corrected chi connectivity index (χ1v) is 5.52. The Morgan fingerprint density at radius 1 is 1.47 bits per heavy atom. The van der Waals surface area contributed by atoms with E-state index >= 15 is 0 Å². The van der Waals surface area contributed by atoms with Crippen molar-refractivity contribution in [3.8, 4) is 5.75 Å². The lowest BCUT2D eigenvalue weighted by Gasteiger charge is -2.06. The van der Waals surface area contributed by atoms with Gasteiger partial charge in [-0.1, -0.05) is 0 Å². The molecule has 2 heterocycles. The highest BCUT2D eigenvalue weighted by molar-refractivity contribution is 14.1. The topological polar surface area (TPSA) is 39.9 Å². The van der Waals surface area contributed by atoms with Gasteiger partial charge in [-0.05, 0) is 28.7 Å². The molecule has 0 radical (unpaired) electrons. The molecule has 0 aliphatic carbocycles. The van der Waals surface area contributed by atoms with Gasteiger partial charge in [0.15, 0.2) is 0 Å². The summed E-state index contributed by atoms with van der Waals surface area (Å²) in [7, 11) is 1.66. The van der Waals surface area contributed by atoms with Gasteiger partial charge in [0.05, 0.1) is 23.4 Å². The summed E-state index contributed by atoms with van der Waals surface area (Å²) in [5.74, 6) is 0.843. The molecule has 0 aliphatic heterocycles. The molecule has 15 heavy (non-hydrogen) atoms. The molecule has 5 heteroatoms. The van der Waals surface area contributed by atoms with Gasteiger partial charge in [0.1, 0.15) is 5.75 Å². The molecule has 2 aromatic rings. The maximum absolute atomic E-state index is 5.24. The number of nitrogens with zero attached hydrogens (tertiary/aromatic N) is 3. The number of halogens is 1. The van der Waals surface area contributed by atoms with Crippen LogP contribution in [0.15, 0.2) is 30.9 Å². The van der Waals surface area contributed by atoms with Gasteiger partial charge in [0.25, 0.3) is 0 Å². The summed E-state index contributed by atoms with van der Waals surface area (Å²) < 4.78 is 8.22. The van der Waals surface area contributed by atoms with E-state index in [1.54, 1.807) is 19.5 Å². The minimum atomic E-state index is 0.681. The van der Waals surface area contributed by atoms with E-state index in [4.69, 9.17) is 4.74 Å². The number of hydrogen-bond acceptors (Lipinski definition) is 3. The molecular formula is C10H10IN3O. The molecule has 2 rings (SSSR count). The molecular weight excluding hydrogens is 305 g/mol. The summed E-state index contributed by atoms with van der Waals surface area (Å²) in [6.45, 7) is 0.681. The van der Waals surface area contributed by atoms with Crippen molar-refractivity contribution in [2.45, 2.75) is 6.54 Å². The maximum atomic E-state index is 5.24. The quantitative estimate of drug-likeness (QED) is 0.813. The fourth-order valence-electron chi connectivity index (χ4n) is 1.33. The molecule has 0 bridgehead atoms. The first kappa shape index (κ1) is 10.4. The Hall–Kier alpha value is -1.11. The normalized spacial score (nSPS) is 10.3. The Labute approximate surface area is 101 Å². The van der Waals surface area contributed by atoms with E-state index in [9.17, 15) is 0 Å². The molecule has 0 aliphatic rings. The Morgan fingerprint density at radius 3 is 3.00 bits per heavy atom. The van der Waals surface area contributed by atoms with Crippen molar-refractivity contribution in [3.05, 3.63) is 40.0 Å². The number of hydrogen-bond donors (Lipinski definition) is 0. The molecule has 2 aromatic heterocycles. The smallest absolute Gasteiger partial charge is 0.127 e. The fourth-order valence-corrected chi connectivity index (χ4v) is 1.78. The third kappa shape index (κ3) is 2.47. The minimum Gasteiger partial charge on any atom is -0.496 e. The van der Waals surface area contributed by atoms with Crippen LogP contribution in [-0.2, 0) is 6.54 Å². The van der Waals surface area contributed by atoms with Gasteiger partial charge < -0.3 is 4.74 Å². The number of rotatable bonds is 3. The second-order valence-electron chi connectivity index (χ2n) is 3.04. The van der Waals surface area contributed by atoms with E-state index in [1.165, 1.54) is 0 Å². The van der Waals surface area contributed by atoms with Crippen LogP contribution in [0.25, 0.3) is 0 Å². The number of ether oxygens (including phenoxy) is 1. The van der Waals surface area contributed by atoms with Crippen LogP contribution >= 0.6 is 22.6 Å². The van der Waals surface area contributed by atoms with Crippen LogP contribution in [0.1, 0.15) is 5.56 Å². The molecule has 0 spiro atoms. The third-order valence-electron chi connectivity index (χ3n) is 2.01. The highest BCUT2D eigenvalue weighted by atomic mass is 127. The van der Waals surface area contributed by atoms with E-state index in [0.717, 1.165) is 14.9 Å². The van der Waals surface area contributed by atoms with Crippen molar-refractivity contribution in [1.29, 1.82) is 0 Å². The SMILES string of the molecule is COc1ccncc1Cn1cc(I)cn1.